The van der Waals surface area contributed by atoms with Crippen LogP contribution in [0.5, 0.6) is 17.2 Å². The minimum absolute atomic E-state index is 0.00195. The van der Waals surface area contributed by atoms with Crippen molar-refractivity contribution in [2.75, 3.05) is 55.1 Å². The fourth-order valence-corrected chi connectivity index (χ4v) is 6.61. The SMILES string of the molecule is COc1ccc(CC2(CN3CC4C[C@@H](C3)c3cccc(=O)n3C4)C(=O)N(C)C(=O)N(C)C2=O)c(OC)c1OC. The number of aromatic nitrogens is 1. The topological polar surface area (TPSA) is 111 Å². The Morgan fingerprint density at radius 2 is 1.54 bits per heavy atom. The summed E-state index contributed by atoms with van der Waals surface area (Å²) >= 11 is 0. The lowest BCUT2D eigenvalue weighted by Crippen LogP contribution is -2.67. The van der Waals surface area contributed by atoms with Crippen molar-refractivity contribution < 1.29 is 28.6 Å². The summed E-state index contributed by atoms with van der Waals surface area (Å²) in [6, 6.07) is 8.14. The second-order valence-corrected chi connectivity index (χ2v) is 10.7. The van der Waals surface area contributed by atoms with Gasteiger partial charge in [-0.3, -0.25) is 24.2 Å². The number of pyridine rings is 1. The van der Waals surface area contributed by atoms with Gasteiger partial charge >= 0.3 is 6.03 Å². The van der Waals surface area contributed by atoms with Crippen LogP contribution in [0.2, 0.25) is 0 Å². The van der Waals surface area contributed by atoms with Crippen molar-refractivity contribution in [2.24, 2.45) is 11.3 Å². The molecule has 0 radical (unpaired) electrons. The van der Waals surface area contributed by atoms with Crippen LogP contribution in [0, 0.1) is 11.3 Å². The standard InChI is InChI=1S/C28H34N4O7/c1-29-25(34)28(26(35)30(2)27(29)36,12-18-9-10-21(37-3)24(39-5)23(18)38-4)16-31-13-17-11-19(15-31)20-7-6-8-22(33)32(20)14-17/h6-10,17,19H,11-16H2,1-5H3/t17?,19-/m0/s1. The van der Waals surface area contributed by atoms with E-state index in [4.69, 9.17) is 14.2 Å². The molecule has 0 aliphatic carbocycles. The van der Waals surface area contributed by atoms with Crippen LogP contribution in [0.3, 0.4) is 0 Å². The maximum absolute atomic E-state index is 13.9. The summed E-state index contributed by atoms with van der Waals surface area (Å²) < 4.78 is 18.5. The molecule has 4 amide bonds. The molecular weight excluding hydrogens is 504 g/mol. The lowest BCUT2D eigenvalue weighted by molar-refractivity contribution is -0.159. The number of imide groups is 2. The summed E-state index contributed by atoms with van der Waals surface area (Å²) in [6.45, 7) is 1.93. The van der Waals surface area contributed by atoms with Gasteiger partial charge in [-0.25, -0.2) is 4.79 Å². The van der Waals surface area contributed by atoms with E-state index in [9.17, 15) is 19.2 Å². The average Bonchev–Trinajstić information content (AvgIpc) is 2.94. The Morgan fingerprint density at radius 3 is 2.18 bits per heavy atom. The Hall–Kier alpha value is -3.86. The van der Waals surface area contributed by atoms with Crippen LogP contribution in [-0.4, -0.2) is 92.2 Å². The molecule has 3 aliphatic heterocycles. The van der Waals surface area contributed by atoms with Crippen molar-refractivity contribution in [2.45, 2.75) is 25.3 Å². The highest BCUT2D eigenvalue weighted by Crippen LogP contribution is 2.44. The van der Waals surface area contributed by atoms with E-state index < -0.39 is 23.3 Å². The highest BCUT2D eigenvalue weighted by molar-refractivity contribution is 6.19. The lowest BCUT2D eigenvalue weighted by atomic mass is 9.75. The van der Waals surface area contributed by atoms with E-state index in [-0.39, 0.29) is 30.4 Å². The summed E-state index contributed by atoms with van der Waals surface area (Å²) in [4.78, 5) is 57.3. The summed E-state index contributed by atoms with van der Waals surface area (Å²) in [5.74, 6) is 0.369. The molecule has 2 fully saturated rings. The number of benzene rings is 1. The number of carbonyl (C=O) groups excluding carboxylic acids is 3. The van der Waals surface area contributed by atoms with Crippen LogP contribution >= 0.6 is 0 Å². The molecule has 1 aromatic carbocycles. The minimum Gasteiger partial charge on any atom is -0.493 e. The second-order valence-electron chi connectivity index (χ2n) is 10.7. The van der Waals surface area contributed by atoms with Crippen molar-refractivity contribution in [3.63, 3.8) is 0 Å². The van der Waals surface area contributed by atoms with Gasteiger partial charge in [0.15, 0.2) is 11.5 Å². The third kappa shape index (κ3) is 4.25. The third-order valence-electron chi connectivity index (χ3n) is 8.33. The first-order valence-corrected chi connectivity index (χ1v) is 12.9. The molecular formula is C28H34N4O7. The number of piperidine rings is 1. The van der Waals surface area contributed by atoms with Crippen LogP contribution in [0.4, 0.5) is 4.79 Å². The highest BCUT2D eigenvalue weighted by atomic mass is 16.5. The van der Waals surface area contributed by atoms with E-state index in [0.29, 0.717) is 42.4 Å². The number of likely N-dealkylation sites (tertiary alicyclic amines) is 1. The number of carbonyl (C=O) groups is 3. The quantitative estimate of drug-likeness (QED) is 0.489. The normalized spacial score (nSPS) is 22.5. The van der Waals surface area contributed by atoms with Crippen LogP contribution in [0.15, 0.2) is 35.1 Å². The van der Waals surface area contributed by atoms with E-state index in [0.717, 1.165) is 21.9 Å². The van der Waals surface area contributed by atoms with Gasteiger partial charge in [0.2, 0.25) is 17.6 Å². The fraction of sp³-hybridized carbons (Fsp3) is 0.500. The summed E-state index contributed by atoms with van der Waals surface area (Å²) in [7, 11) is 7.31. The molecule has 2 saturated heterocycles. The number of urea groups is 1. The van der Waals surface area contributed by atoms with Crippen LogP contribution in [-0.2, 0) is 22.6 Å². The highest BCUT2D eigenvalue weighted by Gasteiger charge is 2.57. The number of fused-ring (bicyclic) bond motifs is 4. The van der Waals surface area contributed by atoms with Gasteiger partial charge in [0.25, 0.3) is 5.56 Å². The molecule has 1 aromatic heterocycles. The summed E-state index contributed by atoms with van der Waals surface area (Å²) in [5.41, 5.74) is -0.0225. The molecule has 2 aromatic rings. The fourth-order valence-electron chi connectivity index (χ4n) is 6.61. The molecule has 2 atom stereocenters. The average molecular weight is 539 g/mol. The van der Waals surface area contributed by atoms with E-state index in [2.05, 4.69) is 4.90 Å². The molecule has 0 N–H and O–H groups in total. The molecule has 0 saturated carbocycles. The third-order valence-corrected chi connectivity index (χ3v) is 8.33. The number of hydrogen-bond acceptors (Lipinski definition) is 8. The zero-order chi connectivity index (χ0) is 28.1. The van der Waals surface area contributed by atoms with E-state index in [1.165, 1.54) is 35.4 Å². The Balaban J connectivity index is 1.56. The smallest absolute Gasteiger partial charge is 0.332 e. The first-order chi connectivity index (χ1) is 18.6. The van der Waals surface area contributed by atoms with Gasteiger partial charge in [-0.05, 0) is 30.0 Å². The number of ether oxygens (including phenoxy) is 3. The Bertz CT molecular complexity index is 1360. The predicted octanol–water partition coefficient (Wildman–Crippen LogP) is 1.57. The lowest BCUT2D eigenvalue weighted by Gasteiger charge is -2.48. The number of methoxy groups -OCH3 is 3. The number of nitrogens with zero attached hydrogens (tertiary/aromatic N) is 4. The van der Waals surface area contributed by atoms with Crippen molar-refractivity contribution in [3.05, 3.63) is 51.9 Å². The van der Waals surface area contributed by atoms with E-state index in [1.807, 2.05) is 10.6 Å². The van der Waals surface area contributed by atoms with Crippen molar-refractivity contribution in [3.8, 4) is 17.2 Å². The Labute approximate surface area is 226 Å². The van der Waals surface area contributed by atoms with Gasteiger partial charge in [0.05, 0.1) is 21.3 Å². The second kappa shape index (κ2) is 10.0. The maximum Gasteiger partial charge on any atom is 0.332 e. The zero-order valence-electron chi connectivity index (χ0n) is 22.9. The Kier molecular flexibility index (Phi) is 6.88. The van der Waals surface area contributed by atoms with Gasteiger partial charge in [0, 0.05) is 64.4 Å². The molecule has 0 spiro atoms. The number of rotatable bonds is 7. The predicted molar refractivity (Wildman–Crippen MR) is 141 cm³/mol. The first-order valence-electron chi connectivity index (χ1n) is 12.9. The van der Waals surface area contributed by atoms with Crippen molar-refractivity contribution >= 4 is 17.8 Å². The molecule has 39 heavy (non-hydrogen) atoms. The van der Waals surface area contributed by atoms with Gasteiger partial charge in [0.1, 0.15) is 5.41 Å². The largest absolute Gasteiger partial charge is 0.493 e. The van der Waals surface area contributed by atoms with Gasteiger partial charge < -0.3 is 23.7 Å². The number of amides is 4. The maximum atomic E-state index is 13.9. The Morgan fingerprint density at radius 1 is 0.846 bits per heavy atom. The van der Waals surface area contributed by atoms with Crippen LogP contribution in [0.25, 0.3) is 0 Å². The molecule has 11 heteroatoms. The van der Waals surface area contributed by atoms with Crippen LogP contribution in [0.1, 0.15) is 23.6 Å². The molecule has 11 nitrogen and oxygen atoms in total. The molecule has 4 heterocycles. The van der Waals surface area contributed by atoms with Gasteiger partial charge in [-0.1, -0.05) is 12.1 Å². The van der Waals surface area contributed by atoms with Crippen LogP contribution < -0.4 is 19.8 Å². The minimum atomic E-state index is -1.58. The monoisotopic (exact) mass is 538 g/mol. The summed E-state index contributed by atoms with van der Waals surface area (Å²) in [6.07, 6.45) is 0.939. The van der Waals surface area contributed by atoms with Crippen molar-refractivity contribution in [1.29, 1.82) is 0 Å². The molecule has 2 bridgehead atoms. The van der Waals surface area contributed by atoms with E-state index >= 15 is 0 Å². The zero-order valence-corrected chi connectivity index (χ0v) is 22.9. The molecule has 5 rings (SSSR count). The van der Waals surface area contributed by atoms with Gasteiger partial charge in [-0.15, -0.1) is 0 Å². The summed E-state index contributed by atoms with van der Waals surface area (Å²) in [5, 5.41) is 0. The van der Waals surface area contributed by atoms with E-state index in [1.54, 1.807) is 24.3 Å². The number of barbiturate groups is 1. The molecule has 1 unspecified atom stereocenters. The number of hydrogen-bond donors (Lipinski definition) is 0. The molecule has 208 valence electrons. The van der Waals surface area contributed by atoms with Crippen molar-refractivity contribution in [1.82, 2.24) is 19.3 Å². The van der Waals surface area contributed by atoms with Gasteiger partial charge in [-0.2, -0.15) is 0 Å². The molecule has 3 aliphatic rings. The first kappa shape index (κ1) is 26.7.